The van der Waals surface area contributed by atoms with Crippen molar-refractivity contribution < 1.29 is 75.7 Å². The van der Waals surface area contributed by atoms with Crippen molar-refractivity contribution in [3.8, 4) is 0 Å². The molecule has 0 N–H and O–H groups in total. The lowest BCUT2D eigenvalue weighted by molar-refractivity contribution is -0.169. The van der Waals surface area contributed by atoms with E-state index in [1.807, 2.05) is 0 Å². The van der Waals surface area contributed by atoms with Gasteiger partial charge in [0.25, 0.3) is 0 Å². The minimum atomic E-state index is -5.16. The number of alkyl halides is 5. The van der Waals surface area contributed by atoms with Crippen molar-refractivity contribution in [3.63, 3.8) is 0 Å². The van der Waals surface area contributed by atoms with Crippen LogP contribution < -0.4 is 0 Å². The summed E-state index contributed by atoms with van der Waals surface area (Å²) in [5.74, 6) is -12.9. The summed E-state index contributed by atoms with van der Waals surface area (Å²) in [4.78, 5) is 22.3. The quantitative estimate of drug-likeness (QED) is 0.128. The molecule has 10 nitrogen and oxygen atoms in total. The summed E-state index contributed by atoms with van der Waals surface area (Å²) < 4.78 is 126. The Bertz CT molecular complexity index is 721. The van der Waals surface area contributed by atoms with E-state index in [2.05, 4.69) is 20.5 Å². The second-order valence-corrected chi connectivity index (χ2v) is 10.6. The number of halogens is 8. The fourth-order valence-corrected chi connectivity index (χ4v) is 5.83. The van der Waals surface area contributed by atoms with Crippen molar-refractivity contribution >= 4 is 41.6 Å². The Hall–Kier alpha value is -1.33. The van der Waals surface area contributed by atoms with Gasteiger partial charge in [0.15, 0.2) is 0 Å². The van der Waals surface area contributed by atoms with Crippen molar-refractivity contribution in [1.82, 2.24) is 0 Å². The molecule has 20 heteroatoms. The average molecular weight is 631 g/mol. The van der Waals surface area contributed by atoms with Crippen molar-refractivity contribution in [2.75, 3.05) is 39.6 Å². The van der Waals surface area contributed by atoms with Gasteiger partial charge in [-0.05, 0) is 53.1 Å². The van der Waals surface area contributed by atoms with Gasteiger partial charge in [-0.3, -0.25) is 0 Å². The third-order valence-electron chi connectivity index (χ3n) is 3.29. The smallest absolute Gasteiger partial charge is 0.447 e. The highest BCUT2D eigenvalue weighted by atomic mass is 35.5. The fraction of sp³-hybridized carbons (Fsp3) is 0.778. The minimum Gasteiger partial charge on any atom is -0.447 e. The molecule has 0 saturated heterocycles. The molecule has 226 valence electrons. The standard InChI is InChI=1S/C10H15F5O5Si.C8H15ClF2O5Si/c1-4-17-21(18-5-2,19-6-3)20-9(16)10(14,15)7(11)8(12)13;1-4-13-17(14-5-2,15-6-3)16-7(12)8(9,10)11/h4-6H2,1-3H3;4-6H2,1-3H3. The van der Waals surface area contributed by atoms with Crippen LogP contribution in [-0.2, 0) is 45.0 Å². The van der Waals surface area contributed by atoms with E-state index in [1.54, 1.807) is 20.8 Å². The third kappa shape index (κ3) is 13.2. The van der Waals surface area contributed by atoms with E-state index < -0.39 is 53.2 Å². The molecule has 0 rings (SSSR count). The largest absolute Gasteiger partial charge is 0.751 e. The number of hydrogen-bond acceptors (Lipinski definition) is 10. The van der Waals surface area contributed by atoms with Crippen molar-refractivity contribution in [1.29, 1.82) is 0 Å². The van der Waals surface area contributed by atoms with Gasteiger partial charge in [-0.15, -0.1) is 0 Å². The Morgan fingerprint density at radius 1 is 0.605 bits per heavy atom. The maximum atomic E-state index is 13.2. The molecule has 0 bridgehead atoms. The van der Waals surface area contributed by atoms with Crippen LogP contribution in [0.25, 0.3) is 0 Å². The molecular weight excluding hydrogens is 601 g/mol. The maximum Gasteiger partial charge on any atom is 0.751 e. The summed E-state index contributed by atoms with van der Waals surface area (Å²) in [6.07, 6.45) is -3.33. The highest BCUT2D eigenvalue weighted by Gasteiger charge is 2.57. The summed E-state index contributed by atoms with van der Waals surface area (Å²) >= 11 is 4.54. The molecule has 0 aromatic carbocycles. The van der Waals surface area contributed by atoms with Crippen LogP contribution in [0.3, 0.4) is 0 Å². The molecule has 0 fully saturated rings. The van der Waals surface area contributed by atoms with E-state index >= 15 is 0 Å². The van der Waals surface area contributed by atoms with E-state index in [0.29, 0.717) is 0 Å². The van der Waals surface area contributed by atoms with Gasteiger partial charge in [-0.2, -0.15) is 30.7 Å². The lowest BCUT2D eigenvalue weighted by atomic mass is 10.3. The molecule has 0 amide bonds. The van der Waals surface area contributed by atoms with E-state index in [1.165, 1.54) is 20.8 Å². The SMILES string of the molecule is CCO[Si](OCC)(OCC)OC(=O)C(F)(F)C(F)=C(F)F.CCO[Si](OCC)(OCC)OC(=O)C(F)(F)Cl. The van der Waals surface area contributed by atoms with E-state index in [4.69, 9.17) is 26.6 Å². The molecule has 0 aliphatic heterocycles. The van der Waals surface area contributed by atoms with Gasteiger partial charge in [-0.25, -0.2) is 9.59 Å². The number of carbonyl (C=O) groups excluding carboxylic acids is 2. The first kappa shape index (κ1) is 38.8. The Morgan fingerprint density at radius 2 is 0.868 bits per heavy atom. The Kier molecular flexibility index (Phi) is 18.5. The van der Waals surface area contributed by atoms with Gasteiger partial charge in [0, 0.05) is 39.6 Å². The van der Waals surface area contributed by atoms with Gasteiger partial charge in [-0.1, -0.05) is 0 Å². The lowest BCUT2D eigenvalue weighted by Crippen LogP contribution is -2.53. The molecule has 0 saturated carbocycles. The second-order valence-electron chi connectivity index (χ2n) is 6.02. The van der Waals surface area contributed by atoms with Crippen LogP contribution in [0.1, 0.15) is 41.5 Å². The molecule has 0 unspecified atom stereocenters. The van der Waals surface area contributed by atoms with Crippen molar-refractivity contribution in [2.45, 2.75) is 52.8 Å². The van der Waals surface area contributed by atoms with Crippen LogP contribution >= 0.6 is 11.6 Å². The summed E-state index contributed by atoms with van der Waals surface area (Å²) in [7, 11) is -8.20. The molecule has 0 spiro atoms. The van der Waals surface area contributed by atoms with Gasteiger partial charge in [0.2, 0.25) is 5.83 Å². The summed E-state index contributed by atoms with van der Waals surface area (Å²) in [5.41, 5.74) is 0. The monoisotopic (exact) mass is 630 g/mol. The van der Waals surface area contributed by atoms with Crippen LogP contribution in [0.15, 0.2) is 11.9 Å². The molecule has 38 heavy (non-hydrogen) atoms. The Balaban J connectivity index is 0. The predicted molar refractivity (Wildman–Crippen MR) is 120 cm³/mol. The van der Waals surface area contributed by atoms with Crippen LogP contribution in [0.2, 0.25) is 0 Å². The molecule has 0 aromatic rings. The van der Waals surface area contributed by atoms with Gasteiger partial charge >= 0.3 is 47.4 Å². The van der Waals surface area contributed by atoms with Gasteiger partial charge < -0.3 is 35.4 Å². The van der Waals surface area contributed by atoms with E-state index in [0.717, 1.165) is 0 Å². The molecule has 0 heterocycles. The second kappa shape index (κ2) is 18.1. The zero-order chi connectivity index (χ0) is 30.2. The lowest BCUT2D eigenvalue weighted by Gasteiger charge is -2.27. The summed E-state index contributed by atoms with van der Waals surface area (Å²) in [5, 5.41) is -4.14. The topological polar surface area (TPSA) is 108 Å². The normalized spacial score (nSPS) is 12.4. The summed E-state index contributed by atoms with van der Waals surface area (Å²) in [6.45, 7) is 8.98. The van der Waals surface area contributed by atoms with E-state index in [9.17, 15) is 40.3 Å². The highest BCUT2D eigenvalue weighted by molar-refractivity contribution is 6.56. The maximum absolute atomic E-state index is 13.2. The molecule has 0 atom stereocenters. The number of hydrogen-bond donors (Lipinski definition) is 0. The number of carbonyl (C=O) groups is 2. The van der Waals surface area contributed by atoms with Gasteiger partial charge in [0.05, 0.1) is 0 Å². The average Bonchev–Trinajstić information content (AvgIpc) is 2.79. The van der Waals surface area contributed by atoms with Crippen LogP contribution in [0.5, 0.6) is 0 Å². The Labute approximate surface area is 222 Å². The molecule has 0 aliphatic rings. The van der Waals surface area contributed by atoms with Gasteiger partial charge in [0.1, 0.15) is 0 Å². The minimum absolute atomic E-state index is 0.0906. The van der Waals surface area contributed by atoms with Crippen LogP contribution in [-0.4, -0.2) is 81.0 Å². The number of rotatable bonds is 17. The highest BCUT2D eigenvalue weighted by Crippen LogP contribution is 2.32. The third-order valence-corrected chi connectivity index (χ3v) is 8.17. The van der Waals surface area contributed by atoms with Crippen LogP contribution in [0.4, 0.5) is 30.7 Å². The Morgan fingerprint density at radius 3 is 1.08 bits per heavy atom. The fourth-order valence-electron chi connectivity index (χ4n) is 2.04. The predicted octanol–water partition coefficient (Wildman–Crippen LogP) is 4.69. The molecular formula is C18H30ClF7O10Si2. The molecule has 0 radical (unpaired) electrons. The summed E-state index contributed by atoms with van der Waals surface area (Å²) in [6, 6.07) is 0. The first-order valence-electron chi connectivity index (χ1n) is 10.9. The van der Waals surface area contributed by atoms with Crippen molar-refractivity contribution in [3.05, 3.63) is 11.9 Å². The van der Waals surface area contributed by atoms with Crippen LogP contribution in [0, 0.1) is 0 Å². The zero-order valence-electron chi connectivity index (χ0n) is 21.3. The van der Waals surface area contributed by atoms with E-state index in [-0.39, 0.29) is 39.6 Å². The molecule has 0 aromatic heterocycles. The first-order valence-corrected chi connectivity index (χ1v) is 14.6. The first-order chi connectivity index (χ1) is 17.5. The van der Waals surface area contributed by atoms with Crippen molar-refractivity contribution in [2.24, 2.45) is 0 Å². The zero-order valence-corrected chi connectivity index (χ0v) is 24.1. The molecule has 0 aliphatic carbocycles.